The molecule has 1 N–H and O–H groups in total. The molecule has 0 saturated carbocycles. The highest BCUT2D eigenvalue weighted by molar-refractivity contribution is 14.1. The van der Waals surface area contributed by atoms with Crippen LogP contribution in [0.2, 0.25) is 0 Å². The first-order chi connectivity index (χ1) is 7.83. The summed E-state index contributed by atoms with van der Waals surface area (Å²) in [4.78, 5) is 11.8. The van der Waals surface area contributed by atoms with Crippen LogP contribution >= 0.6 is 22.6 Å². The summed E-state index contributed by atoms with van der Waals surface area (Å²) in [6.45, 7) is 0.820. The van der Waals surface area contributed by atoms with E-state index in [4.69, 9.17) is 0 Å². The van der Waals surface area contributed by atoms with Gasteiger partial charge >= 0.3 is 0 Å². The van der Waals surface area contributed by atoms with Crippen LogP contribution in [-0.2, 0) is 11.2 Å². The molecule has 1 atom stereocenters. The maximum atomic E-state index is 11.8. The fourth-order valence-electron chi connectivity index (χ4n) is 2.05. The van der Waals surface area contributed by atoms with Crippen LogP contribution < -0.4 is 5.32 Å². The minimum Gasteiger partial charge on any atom is -0.356 e. The van der Waals surface area contributed by atoms with Crippen molar-refractivity contribution in [3.63, 3.8) is 0 Å². The zero-order chi connectivity index (χ0) is 11.4. The molecule has 0 radical (unpaired) electrons. The summed E-state index contributed by atoms with van der Waals surface area (Å²) in [6, 6.07) is 8.21. The van der Waals surface area contributed by atoms with Crippen molar-refractivity contribution >= 4 is 28.5 Å². The van der Waals surface area contributed by atoms with Crippen LogP contribution in [0.5, 0.6) is 0 Å². The number of carbonyl (C=O) groups is 1. The fourth-order valence-corrected chi connectivity index (χ4v) is 2.59. The summed E-state index contributed by atoms with van der Waals surface area (Å²) in [5.74, 6) is 0.308. The van der Waals surface area contributed by atoms with E-state index in [0.717, 1.165) is 19.4 Å². The van der Waals surface area contributed by atoms with Crippen LogP contribution in [0.15, 0.2) is 24.3 Å². The molecule has 0 bridgehead atoms. The summed E-state index contributed by atoms with van der Waals surface area (Å²) >= 11 is 2.36. The van der Waals surface area contributed by atoms with Crippen molar-refractivity contribution in [1.29, 1.82) is 0 Å². The van der Waals surface area contributed by atoms with Crippen molar-refractivity contribution in [3.8, 4) is 0 Å². The highest BCUT2D eigenvalue weighted by Gasteiger charge is 2.31. The Morgan fingerprint density at radius 1 is 1.38 bits per heavy atom. The number of halogens is 1. The van der Waals surface area contributed by atoms with Gasteiger partial charge in [0.15, 0.2) is 0 Å². The lowest BCUT2D eigenvalue weighted by atomic mass is 9.77. The minimum absolute atomic E-state index is 0.107. The number of benzene rings is 1. The lowest BCUT2D eigenvalue weighted by Crippen LogP contribution is -2.35. The summed E-state index contributed by atoms with van der Waals surface area (Å²) < 4.78 is 1.17. The van der Waals surface area contributed by atoms with Crippen molar-refractivity contribution < 1.29 is 4.79 Å². The Kier molecular flexibility index (Phi) is 4.21. The number of carbonyl (C=O) groups excluding carboxylic acids is 1. The number of alkyl halides is 1. The Hall–Kier alpha value is -0.580. The van der Waals surface area contributed by atoms with E-state index in [-0.39, 0.29) is 11.8 Å². The highest BCUT2D eigenvalue weighted by Crippen LogP contribution is 2.34. The molecule has 1 unspecified atom stereocenters. The molecule has 0 aromatic heterocycles. The van der Waals surface area contributed by atoms with E-state index in [1.165, 1.54) is 22.0 Å². The Morgan fingerprint density at radius 3 is 2.94 bits per heavy atom. The van der Waals surface area contributed by atoms with Crippen LogP contribution in [0.1, 0.15) is 29.9 Å². The van der Waals surface area contributed by atoms with Gasteiger partial charge in [0.2, 0.25) is 5.91 Å². The second-order valence-corrected chi connectivity index (χ2v) is 5.22. The quantitative estimate of drug-likeness (QED) is 0.502. The van der Waals surface area contributed by atoms with Crippen molar-refractivity contribution in [2.75, 3.05) is 11.0 Å². The van der Waals surface area contributed by atoms with Gasteiger partial charge in [-0.1, -0.05) is 46.9 Å². The summed E-state index contributed by atoms with van der Waals surface area (Å²) in [5, 5.41) is 3.02. The molecule has 1 aliphatic carbocycles. The number of unbranched alkanes of at least 4 members (excludes halogenated alkanes) is 1. The zero-order valence-electron chi connectivity index (χ0n) is 9.21. The second kappa shape index (κ2) is 5.66. The zero-order valence-corrected chi connectivity index (χ0v) is 11.4. The molecule has 1 aromatic carbocycles. The fraction of sp³-hybridized carbons (Fsp3) is 0.462. The number of hydrogen-bond donors (Lipinski definition) is 1. The van der Waals surface area contributed by atoms with Crippen LogP contribution in [0.4, 0.5) is 0 Å². The predicted octanol–water partition coefficient (Wildman–Crippen LogP) is 2.66. The first kappa shape index (κ1) is 11.9. The molecular formula is C13H16INO. The van der Waals surface area contributed by atoms with E-state index in [2.05, 4.69) is 40.0 Å². The van der Waals surface area contributed by atoms with Gasteiger partial charge < -0.3 is 5.32 Å². The topological polar surface area (TPSA) is 29.1 Å². The normalized spacial score (nSPS) is 17.4. The Morgan fingerprint density at radius 2 is 2.19 bits per heavy atom. The number of amides is 1. The van der Waals surface area contributed by atoms with Gasteiger partial charge in [-0.05, 0) is 34.8 Å². The van der Waals surface area contributed by atoms with Gasteiger partial charge in [-0.25, -0.2) is 0 Å². The van der Waals surface area contributed by atoms with Crippen molar-refractivity contribution in [2.45, 2.75) is 25.2 Å². The average Bonchev–Trinajstić information content (AvgIpc) is 2.26. The Labute approximate surface area is 110 Å². The number of rotatable bonds is 5. The van der Waals surface area contributed by atoms with Gasteiger partial charge in [0.05, 0.1) is 5.92 Å². The minimum atomic E-state index is 0.107. The summed E-state index contributed by atoms with van der Waals surface area (Å²) in [5.41, 5.74) is 2.55. The molecular weight excluding hydrogens is 313 g/mol. The van der Waals surface area contributed by atoms with Crippen LogP contribution in [0, 0.1) is 0 Å². The molecule has 0 saturated heterocycles. The van der Waals surface area contributed by atoms with Gasteiger partial charge in [0, 0.05) is 6.54 Å². The molecule has 1 amide bonds. The van der Waals surface area contributed by atoms with Crippen molar-refractivity contribution in [3.05, 3.63) is 35.4 Å². The van der Waals surface area contributed by atoms with Crippen molar-refractivity contribution in [1.82, 2.24) is 5.32 Å². The third-order valence-electron chi connectivity index (χ3n) is 3.03. The molecule has 0 heterocycles. The first-order valence-corrected chi connectivity index (χ1v) is 7.27. The van der Waals surface area contributed by atoms with Crippen LogP contribution in [-0.4, -0.2) is 16.9 Å². The molecule has 16 heavy (non-hydrogen) atoms. The van der Waals surface area contributed by atoms with E-state index < -0.39 is 0 Å². The lowest BCUT2D eigenvalue weighted by Gasteiger charge is -2.28. The molecule has 0 spiro atoms. The van der Waals surface area contributed by atoms with Gasteiger partial charge in [0.25, 0.3) is 0 Å². The highest BCUT2D eigenvalue weighted by atomic mass is 127. The lowest BCUT2D eigenvalue weighted by molar-refractivity contribution is -0.123. The van der Waals surface area contributed by atoms with Crippen LogP contribution in [0.25, 0.3) is 0 Å². The Bertz CT molecular complexity index is 378. The van der Waals surface area contributed by atoms with Gasteiger partial charge in [0.1, 0.15) is 0 Å². The summed E-state index contributed by atoms with van der Waals surface area (Å²) in [7, 11) is 0. The molecule has 1 aromatic rings. The summed E-state index contributed by atoms with van der Waals surface area (Å²) in [6.07, 6.45) is 3.18. The third kappa shape index (κ3) is 2.56. The standard InChI is InChI=1S/C13H16INO/c14-7-3-4-8-15-13(16)12-9-10-5-1-2-6-11(10)12/h1-2,5-6,12H,3-4,7-9H2,(H,15,16). The largest absolute Gasteiger partial charge is 0.356 e. The van der Waals surface area contributed by atoms with Gasteiger partial charge in [-0.2, -0.15) is 0 Å². The maximum absolute atomic E-state index is 11.8. The SMILES string of the molecule is O=C(NCCCCI)C1Cc2ccccc21. The van der Waals surface area contributed by atoms with Gasteiger partial charge in [-0.15, -0.1) is 0 Å². The third-order valence-corrected chi connectivity index (χ3v) is 3.79. The molecule has 2 nitrogen and oxygen atoms in total. The van der Waals surface area contributed by atoms with Gasteiger partial charge in [-0.3, -0.25) is 4.79 Å². The Balaban J connectivity index is 1.80. The number of fused-ring (bicyclic) bond motifs is 1. The number of hydrogen-bond acceptors (Lipinski definition) is 1. The molecule has 86 valence electrons. The van der Waals surface area contributed by atoms with E-state index in [0.29, 0.717) is 0 Å². The van der Waals surface area contributed by atoms with E-state index in [1.807, 2.05) is 12.1 Å². The molecule has 1 aliphatic rings. The maximum Gasteiger partial charge on any atom is 0.227 e. The van der Waals surface area contributed by atoms with E-state index in [9.17, 15) is 4.79 Å². The molecule has 0 fully saturated rings. The predicted molar refractivity (Wildman–Crippen MR) is 74.0 cm³/mol. The molecule has 0 aliphatic heterocycles. The average molecular weight is 329 g/mol. The monoisotopic (exact) mass is 329 g/mol. The van der Waals surface area contributed by atoms with E-state index >= 15 is 0 Å². The molecule has 2 rings (SSSR count). The van der Waals surface area contributed by atoms with E-state index in [1.54, 1.807) is 0 Å². The number of nitrogens with one attached hydrogen (secondary N) is 1. The smallest absolute Gasteiger partial charge is 0.227 e. The molecule has 3 heteroatoms. The van der Waals surface area contributed by atoms with Crippen molar-refractivity contribution in [2.24, 2.45) is 0 Å². The first-order valence-electron chi connectivity index (χ1n) is 5.74. The second-order valence-electron chi connectivity index (χ2n) is 4.14. The van der Waals surface area contributed by atoms with Crippen LogP contribution in [0.3, 0.4) is 0 Å².